The van der Waals surface area contributed by atoms with E-state index < -0.39 is 22.0 Å². The Hall–Kier alpha value is -1.18. The number of aromatic nitrogens is 1. The first kappa shape index (κ1) is 13.3. The molecule has 1 saturated heterocycles. The average molecular weight is 291 g/mol. The number of hydrogen-bond acceptors (Lipinski definition) is 4. The molecule has 1 N–H and O–H groups in total. The summed E-state index contributed by atoms with van der Waals surface area (Å²) in [5.74, 6) is -1.14. The van der Waals surface area contributed by atoms with Gasteiger partial charge >= 0.3 is 5.97 Å². The average Bonchev–Trinajstić information content (AvgIpc) is 2.78. The van der Waals surface area contributed by atoms with Crippen LogP contribution in [0.2, 0.25) is 5.15 Å². The van der Waals surface area contributed by atoms with Crippen molar-refractivity contribution in [2.45, 2.75) is 23.8 Å². The lowest BCUT2D eigenvalue weighted by atomic mass is 10.2. The second-order valence-corrected chi connectivity index (χ2v) is 6.12. The van der Waals surface area contributed by atoms with Crippen LogP contribution in [-0.2, 0) is 14.8 Å². The third-order valence-corrected chi connectivity index (χ3v) is 5.15. The van der Waals surface area contributed by atoms with Gasteiger partial charge in [0.2, 0.25) is 10.0 Å². The summed E-state index contributed by atoms with van der Waals surface area (Å²) >= 11 is 5.75. The molecule has 0 saturated carbocycles. The summed E-state index contributed by atoms with van der Waals surface area (Å²) in [5.41, 5.74) is 0. The van der Waals surface area contributed by atoms with Gasteiger partial charge in [-0.15, -0.1) is 0 Å². The predicted molar refractivity (Wildman–Crippen MR) is 63.8 cm³/mol. The summed E-state index contributed by atoms with van der Waals surface area (Å²) in [4.78, 5) is 14.6. The molecule has 1 aliphatic heterocycles. The van der Waals surface area contributed by atoms with Crippen LogP contribution < -0.4 is 0 Å². The van der Waals surface area contributed by atoms with Gasteiger partial charge in [0.1, 0.15) is 16.1 Å². The molecule has 1 aromatic heterocycles. The van der Waals surface area contributed by atoms with Crippen LogP contribution in [0.25, 0.3) is 0 Å². The van der Waals surface area contributed by atoms with E-state index in [1.54, 1.807) is 0 Å². The molecule has 98 valence electrons. The van der Waals surface area contributed by atoms with Gasteiger partial charge in [-0.3, -0.25) is 4.79 Å². The Labute approximate surface area is 109 Å². The smallest absolute Gasteiger partial charge is 0.322 e. The molecule has 1 aromatic rings. The van der Waals surface area contributed by atoms with E-state index in [9.17, 15) is 13.2 Å². The topological polar surface area (TPSA) is 87.6 Å². The summed E-state index contributed by atoms with van der Waals surface area (Å²) in [5, 5.41) is 8.86. The lowest BCUT2D eigenvalue weighted by Gasteiger charge is -2.21. The van der Waals surface area contributed by atoms with Crippen LogP contribution in [0, 0.1) is 0 Å². The number of carboxylic acids is 1. The first-order valence-corrected chi connectivity index (χ1v) is 7.11. The Morgan fingerprint density at radius 3 is 2.89 bits per heavy atom. The van der Waals surface area contributed by atoms with Crippen LogP contribution in [0.15, 0.2) is 23.2 Å². The van der Waals surface area contributed by atoms with Crippen molar-refractivity contribution in [2.75, 3.05) is 6.54 Å². The van der Waals surface area contributed by atoms with Crippen molar-refractivity contribution >= 4 is 27.6 Å². The lowest BCUT2D eigenvalue weighted by Crippen LogP contribution is -2.40. The van der Waals surface area contributed by atoms with Crippen molar-refractivity contribution in [3.63, 3.8) is 0 Å². The number of aliphatic carboxylic acids is 1. The molecule has 1 atom stereocenters. The zero-order chi connectivity index (χ0) is 13.3. The number of hydrogen-bond donors (Lipinski definition) is 1. The summed E-state index contributed by atoms with van der Waals surface area (Å²) < 4.78 is 25.6. The van der Waals surface area contributed by atoms with Crippen LogP contribution in [-0.4, -0.2) is 41.4 Å². The standard InChI is InChI=1S/C10H11ClN2O4S/c11-9-8(4-1-5-12-9)18(16,17)13-6-2-3-7(13)10(14)15/h1,4-5,7H,2-3,6H2,(H,14,15)/t7-/m0/s1. The van der Waals surface area contributed by atoms with E-state index in [0.29, 0.717) is 12.8 Å². The highest BCUT2D eigenvalue weighted by Crippen LogP contribution is 2.28. The van der Waals surface area contributed by atoms with Gasteiger partial charge < -0.3 is 5.11 Å². The zero-order valence-corrected chi connectivity index (χ0v) is 10.9. The normalized spacial score (nSPS) is 21.1. The monoisotopic (exact) mass is 290 g/mol. The zero-order valence-electron chi connectivity index (χ0n) is 9.28. The number of carboxylic acid groups (broad SMARTS) is 1. The van der Waals surface area contributed by atoms with E-state index in [2.05, 4.69) is 4.98 Å². The number of pyridine rings is 1. The van der Waals surface area contributed by atoms with Crippen LogP contribution in [0.3, 0.4) is 0 Å². The molecule has 2 heterocycles. The molecule has 0 amide bonds. The molecule has 2 rings (SSSR count). The SMILES string of the molecule is O=C(O)[C@@H]1CCCN1S(=O)(=O)c1cccnc1Cl. The highest BCUT2D eigenvalue weighted by atomic mass is 35.5. The Kier molecular flexibility index (Phi) is 3.56. The van der Waals surface area contributed by atoms with E-state index in [4.69, 9.17) is 16.7 Å². The second-order valence-electron chi connectivity index (χ2n) is 3.90. The van der Waals surface area contributed by atoms with Crippen molar-refractivity contribution in [1.82, 2.24) is 9.29 Å². The van der Waals surface area contributed by atoms with E-state index >= 15 is 0 Å². The van der Waals surface area contributed by atoms with Gasteiger partial charge in [0.25, 0.3) is 0 Å². The maximum atomic E-state index is 12.3. The molecule has 1 fully saturated rings. The Morgan fingerprint density at radius 2 is 2.28 bits per heavy atom. The number of rotatable bonds is 3. The van der Waals surface area contributed by atoms with Gasteiger partial charge in [0.15, 0.2) is 0 Å². The van der Waals surface area contributed by atoms with Crippen molar-refractivity contribution in [3.05, 3.63) is 23.5 Å². The van der Waals surface area contributed by atoms with Crippen LogP contribution >= 0.6 is 11.6 Å². The number of halogens is 1. The van der Waals surface area contributed by atoms with Gasteiger partial charge in [-0.25, -0.2) is 13.4 Å². The van der Waals surface area contributed by atoms with Gasteiger partial charge in [0, 0.05) is 12.7 Å². The van der Waals surface area contributed by atoms with E-state index in [-0.39, 0.29) is 16.6 Å². The Balaban J connectivity index is 2.43. The van der Waals surface area contributed by atoms with Crippen molar-refractivity contribution in [2.24, 2.45) is 0 Å². The molecule has 1 aliphatic rings. The minimum absolute atomic E-state index is 0.145. The summed E-state index contributed by atoms with van der Waals surface area (Å²) in [6.45, 7) is 0.185. The maximum Gasteiger partial charge on any atom is 0.322 e. The molecular formula is C10H11ClN2O4S. The molecule has 6 nitrogen and oxygen atoms in total. The largest absolute Gasteiger partial charge is 0.480 e. The Bertz CT molecular complexity index is 575. The minimum Gasteiger partial charge on any atom is -0.480 e. The van der Waals surface area contributed by atoms with E-state index in [1.807, 2.05) is 0 Å². The Morgan fingerprint density at radius 1 is 1.56 bits per heavy atom. The third kappa shape index (κ3) is 2.21. The first-order chi connectivity index (χ1) is 8.44. The van der Waals surface area contributed by atoms with Gasteiger partial charge in [-0.2, -0.15) is 4.31 Å². The van der Waals surface area contributed by atoms with Crippen molar-refractivity contribution in [3.8, 4) is 0 Å². The molecule has 0 radical (unpaired) electrons. The molecule has 18 heavy (non-hydrogen) atoms. The number of nitrogens with zero attached hydrogens (tertiary/aromatic N) is 2. The molecule has 0 aromatic carbocycles. The highest BCUT2D eigenvalue weighted by molar-refractivity contribution is 7.89. The second kappa shape index (κ2) is 4.83. The van der Waals surface area contributed by atoms with Crippen LogP contribution in [0.1, 0.15) is 12.8 Å². The molecular weight excluding hydrogens is 280 g/mol. The third-order valence-electron chi connectivity index (χ3n) is 2.80. The number of sulfonamides is 1. The fraction of sp³-hybridized carbons (Fsp3) is 0.400. The predicted octanol–water partition coefficient (Wildman–Crippen LogP) is 0.973. The van der Waals surface area contributed by atoms with E-state index in [0.717, 1.165) is 4.31 Å². The fourth-order valence-electron chi connectivity index (χ4n) is 1.96. The lowest BCUT2D eigenvalue weighted by molar-refractivity contribution is -0.140. The van der Waals surface area contributed by atoms with Crippen molar-refractivity contribution < 1.29 is 18.3 Å². The molecule has 0 unspecified atom stereocenters. The molecule has 8 heteroatoms. The first-order valence-electron chi connectivity index (χ1n) is 5.30. The van der Waals surface area contributed by atoms with E-state index in [1.165, 1.54) is 18.3 Å². The fourth-order valence-corrected chi connectivity index (χ4v) is 4.05. The molecule has 0 aliphatic carbocycles. The molecule has 0 bridgehead atoms. The molecule has 0 spiro atoms. The quantitative estimate of drug-likeness (QED) is 0.838. The maximum absolute atomic E-state index is 12.3. The van der Waals surface area contributed by atoms with Crippen LogP contribution in [0.4, 0.5) is 0 Å². The summed E-state index contributed by atoms with van der Waals surface area (Å²) in [6, 6.07) is 1.75. The van der Waals surface area contributed by atoms with Gasteiger partial charge in [0.05, 0.1) is 0 Å². The highest BCUT2D eigenvalue weighted by Gasteiger charge is 2.40. The van der Waals surface area contributed by atoms with Gasteiger partial charge in [-0.05, 0) is 25.0 Å². The van der Waals surface area contributed by atoms with Gasteiger partial charge in [-0.1, -0.05) is 11.6 Å². The summed E-state index contributed by atoms with van der Waals surface area (Å²) in [6.07, 6.45) is 2.21. The number of carbonyl (C=O) groups is 1. The van der Waals surface area contributed by atoms with Crippen LogP contribution in [0.5, 0.6) is 0 Å². The van der Waals surface area contributed by atoms with Crippen molar-refractivity contribution in [1.29, 1.82) is 0 Å². The minimum atomic E-state index is -3.91. The summed E-state index contributed by atoms with van der Waals surface area (Å²) in [7, 11) is -3.91.